The van der Waals surface area contributed by atoms with Crippen LogP contribution in [0.3, 0.4) is 0 Å². The van der Waals surface area contributed by atoms with Crippen LogP contribution in [0.15, 0.2) is 23.3 Å². The molecule has 0 fully saturated rings. The van der Waals surface area contributed by atoms with Gasteiger partial charge in [0.15, 0.2) is 0 Å². The van der Waals surface area contributed by atoms with E-state index in [2.05, 4.69) is 59.8 Å². The third-order valence-corrected chi connectivity index (χ3v) is 5.03. The molecule has 0 bridgehead atoms. The Morgan fingerprint density at radius 1 is 1.25 bits per heavy atom. The molecule has 1 heteroatoms. The molecule has 0 N–H and O–H groups in total. The third kappa shape index (κ3) is 7.23. The summed E-state index contributed by atoms with van der Waals surface area (Å²) in [5.74, 6) is 0.742. The summed E-state index contributed by atoms with van der Waals surface area (Å²) in [6, 6.07) is 0. The SMILES string of the molecule is C/C=C(C)\C=C(\CC[PH](C)(C)C)C(C)CC. The molecule has 0 aliphatic carbocycles. The molecule has 0 aliphatic rings. The Balaban J connectivity index is 4.64. The predicted octanol–water partition coefficient (Wildman–Crippen LogP) is 4.95. The van der Waals surface area contributed by atoms with Crippen molar-refractivity contribution in [1.29, 1.82) is 0 Å². The first kappa shape index (κ1) is 15.9. The summed E-state index contributed by atoms with van der Waals surface area (Å²) in [6.07, 6.45) is 8.59. The average molecular weight is 242 g/mol. The molecule has 0 radical (unpaired) electrons. The van der Waals surface area contributed by atoms with E-state index in [1.807, 2.05) is 0 Å². The zero-order valence-corrected chi connectivity index (χ0v) is 13.4. The van der Waals surface area contributed by atoms with Crippen LogP contribution in [0.5, 0.6) is 0 Å². The number of hydrogen-bond donors (Lipinski definition) is 0. The van der Waals surface area contributed by atoms with Crippen LogP contribution in [-0.2, 0) is 0 Å². The van der Waals surface area contributed by atoms with Gasteiger partial charge in [-0.15, -0.1) is 0 Å². The fourth-order valence-electron chi connectivity index (χ4n) is 1.62. The van der Waals surface area contributed by atoms with Crippen molar-refractivity contribution >= 4 is 7.26 Å². The van der Waals surface area contributed by atoms with E-state index in [0.717, 1.165) is 5.92 Å². The van der Waals surface area contributed by atoms with Gasteiger partial charge in [0.25, 0.3) is 0 Å². The summed E-state index contributed by atoms with van der Waals surface area (Å²) in [5.41, 5.74) is 3.06. The average Bonchev–Trinajstić information content (AvgIpc) is 2.21. The maximum atomic E-state index is 2.46. The Morgan fingerprint density at radius 2 is 1.81 bits per heavy atom. The van der Waals surface area contributed by atoms with Crippen LogP contribution >= 0.6 is 7.26 Å². The van der Waals surface area contributed by atoms with Crippen molar-refractivity contribution < 1.29 is 0 Å². The number of rotatable bonds is 6. The second kappa shape index (κ2) is 7.28. The van der Waals surface area contributed by atoms with Gasteiger partial charge in [-0.25, -0.2) is 0 Å². The first-order chi connectivity index (χ1) is 7.30. The van der Waals surface area contributed by atoms with Crippen LogP contribution in [0.2, 0.25) is 0 Å². The van der Waals surface area contributed by atoms with Crippen LogP contribution in [-0.4, -0.2) is 26.2 Å². The van der Waals surface area contributed by atoms with Crippen LogP contribution in [0, 0.1) is 5.92 Å². The molecule has 0 aromatic carbocycles. The van der Waals surface area contributed by atoms with Gasteiger partial charge in [-0.3, -0.25) is 0 Å². The van der Waals surface area contributed by atoms with E-state index in [-0.39, 0.29) is 0 Å². The zero-order valence-electron chi connectivity index (χ0n) is 12.4. The molecule has 1 unspecified atom stereocenters. The summed E-state index contributed by atoms with van der Waals surface area (Å²) in [6.45, 7) is 16.4. The summed E-state index contributed by atoms with van der Waals surface area (Å²) in [5, 5.41) is 0. The first-order valence-electron chi connectivity index (χ1n) is 6.63. The molecule has 0 saturated heterocycles. The molecular weight excluding hydrogens is 211 g/mol. The Kier molecular flexibility index (Phi) is 7.24. The molecule has 0 heterocycles. The van der Waals surface area contributed by atoms with Gasteiger partial charge in [-0.1, -0.05) is 0 Å². The zero-order chi connectivity index (χ0) is 12.8. The van der Waals surface area contributed by atoms with Gasteiger partial charge in [-0.2, -0.15) is 0 Å². The molecule has 0 rings (SSSR count). The van der Waals surface area contributed by atoms with Crippen molar-refractivity contribution in [3.05, 3.63) is 23.3 Å². The van der Waals surface area contributed by atoms with Gasteiger partial charge in [0.1, 0.15) is 0 Å². The van der Waals surface area contributed by atoms with Crippen LogP contribution in [0.1, 0.15) is 40.5 Å². The molecule has 0 spiro atoms. The molecule has 1 atom stereocenters. The van der Waals surface area contributed by atoms with Crippen molar-refractivity contribution in [2.75, 3.05) is 26.2 Å². The minimum atomic E-state index is -0.900. The van der Waals surface area contributed by atoms with Gasteiger partial charge in [0, 0.05) is 0 Å². The van der Waals surface area contributed by atoms with Crippen molar-refractivity contribution in [2.45, 2.75) is 40.5 Å². The predicted molar refractivity (Wildman–Crippen MR) is 82.5 cm³/mol. The minimum absolute atomic E-state index is 0.742. The Labute approximate surface area is 104 Å². The molecule has 96 valence electrons. The van der Waals surface area contributed by atoms with Crippen molar-refractivity contribution in [1.82, 2.24) is 0 Å². The first-order valence-corrected chi connectivity index (χ1v) is 10.3. The Morgan fingerprint density at radius 3 is 2.19 bits per heavy atom. The molecule has 0 amide bonds. The molecule has 0 saturated carbocycles. The van der Waals surface area contributed by atoms with E-state index < -0.39 is 7.26 Å². The molecule has 16 heavy (non-hydrogen) atoms. The third-order valence-electron chi connectivity index (χ3n) is 3.28. The van der Waals surface area contributed by atoms with Gasteiger partial charge in [0.05, 0.1) is 0 Å². The van der Waals surface area contributed by atoms with Crippen molar-refractivity contribution in [3.8, 4) is 0 Å². The van der Waals surface area contributed by atoms with E-state index >= 15 is 0 Å². The molecule has 0 aromatic heterocycles. The standard InChI is InChI=1S/C15H31P/c1-8-13(3)12-15(14(4)9-2)10-11-16(5,6)7/h8,12,14,16H,9-11H2,1-7H3/b13-8-,15-12-. The number of hydrogen-bond acceptors (Lipinski definition) is 0. The summed E-state index contributed by atoms with van der Waals surface area (Å²) < 4.78 is 0. The quantitative estimate of drug-likeness (QED) is 0.456. The van der Waals surface area contributed by atoms with E-state index in [1.165, 1.54) is 24.6 Å². The van der Waals surface area contributed by atoms with E-state index in [4.69, 9.17) is 0 Å². The van der Waals surface area contributed by atoms with Gasteiger partial charge >= 0.3 is 103 Å². The van der Waals surface area contributed by atoms with Crippen LogP contribution < -0.4 is 0 Å². The molecule has 0 aromatic rings. The van der Waals surface area contributed by atoms with Crippen LogP contribution in [0.25, 0.3) is 0 Å². The fraction of sp³-hybridized carbons (Fsp3) is 0.733. The monoisotopic (exact) mass is 242 g/mol. The summed E-state index contributed by atoms with van der Waals surface area (Å²) in [7, 11) is -0.900. The van der Waals surface area contributed by atoms with Crippen molar-refractivity contribution in [3.63, 3.8) is 0 Å². The Bertz CT molecular complexity index is 253. The fourth-order valence-corrected chi connectivity index (χ4v) is 2.66. The van der Waals surface area contributed by atoms with Crippen LogP contribution in [0.4, 0.5) is 0 Å². The number of allylic oxidation sites excluding steroid dienone is 4. The molecule has 0 aliphatic heterocycles. The van der Waals surface area contributed by atoms with E-state index in [1.54, 1.807) is 5.57 Å². The normalized spacial score (nSPS) is 17.4. The Hall–Kier alpha value is -0.0900. The second-order valence-corrected chi connectivity index (χ2v) is 11.7. The molecule has 0 nitrogen and oxygen atoms in total. The van der Waals surface area contributed by atoms with Gasteiger partial charge < -0.3 is 0 Å². The second-order valence-electron chi connectivity index (χ2n) is 6.12. The summed E-state index contributed by atoms with van der Waals surface area (Å²) >= 11 is 0. The topological polar surface area (TPSA) is 0 Å². The van der Waals surface area contributed by atoms with Crippen molar-refractivity contribution in [2.24, 2.45) is 5.92 Å². The maximum absolute atomic E-state index is 2.46. The summed E-state index contributed by atoms with van der Waals surface area (Å²) in [4.78, 5) is 0. The van der Waals surface area contributed by atoms with Gasteiger partial charge in [-0.05, 0) is 0 Å². The van der Waals surface area contributed by atoms with E-state index in [0.29, 0.717) is 0 Å². The van der Waals surface area contributed by atoms with E-state index in [9.17, 15) is 0 Å². The van der Waals surface area contributed by atoms with Gasteiger partial charge in [0.2, 0.25) is 0 Å². The molecular formula is C15H31P.